The van der Waals surface area contributed by atoms with Gasteiger partial charge in [-0.1, -0.05) is 0 Å². The van der Waals surface area contributed by atoms with E-state index in [1.807, 2.05) is 0 Å². The number of sulfonamides is 1. The Labute approximate surface area is 101 Å². The summed E-state index contributed by atoms with van der Waals surface area (Å²) in [7, 11) is -1.66. The van der Waals surface area contributed by atoms with E-state index in [1.54, 1.807) is 24.7 Å². The molecule has 0 saturated carbocycles. The molecule has 0 bridgehead atoms. The van der Waals surface area contributed by atoms with Gasteiger partial charge in [-0.3, -0.25) is 0 Å². The summed E-state index contributed by atoms with van der Waals surface area (Å²) >= 11 is 0. The molecular weight excluding hydrogens is 240 g/mol. The second kappa shape index (κ2) is 4.40. The van der Waals surface area contributed by atoms with Crippen LogP contribution in [0.15, 0.2) is 11.2 Å². The zero-order valence-electron chi connectivity index (χ0n) is 10.1. The van der Waals surface area contributed by atoms with E-state index >= 15 is 0 Å². The Morgan fingerprint density at radius 3 is 2.47 bits per heavy atom. The van der Waals surface area contributed by atoms with Crippen LogP contribution in [0.5, 0.6) is 0 Å². The molecule has 1 aliphatic rings. The van der Waals surface area contributed by atoms with E-state index in [0.717, 1.165) is 0 Å². The van der Waals surface area contributed by atoms with Crippen LogP contribution in [0.2, 0.25) is 0 Å². The smallest absolute Gasteiger partial charge is 0.262 e. The van der Waals surface area contributed by atoms with Gasteiger partial charge in [0.15, 0.2) is 5.03 Å². The van der Waals surface area contributed by atoms with Gasteiger partial charge in [-0.25, -0.2) is 13.4 Å². The fraction of sp³-hybridized carbons (Fsp3) is 0.700. The third-order valence-corrected chi connectivity index (χ3v) is 4.96. The van der Waals surface area contributed by atoms with Gasteiger partial charge in [0.1, 0.15) is 5.82 Å². The van der Waals surface area contributed by atoms with Crippen LogP contribution in [0.1, 0.15) is 18.7 Å². The number of aryl methyl sites for hydroxylation is 2. The summed E-state index contributed by atoms with van der Waals surface area (Å²) < 4.78 is 27.7. The van der Waals surface area contributed by atoms with Crippen molar-refractivity contribution in [3.05, 3.63) is 12.0 Å². The van der Waals surface area contributed by atoms with Crippen LogP contribution in [-0.4, -0.2) is 41.4 Å². The molecule has 1 aromatic rings. The first-order valence-corrected chi connectivity index (χ1v) is 7.11. The van der Waals surface area contributed by atoms with Crippen molar-refractivity contribution in [3.63, 3.8) is 0 Å². The van der Waals surface area contributed by atoms with E-state index in [2.05, 4.69) is 4.98 Å². The molecule has 1 fully saturated rings. The number of hydrogen-bond donors (Lipinski definition) is 1. The van der Waals surface area contributed by atoms with Crippen molar-refractivity contribution in [2.75, 3.05) is 13.1 Å². The maximum atomic E-state index is 12.3. The molecule has 1 aliphatic heterocycles. The summed E-state index contributed by atoms with van der Waals surface area (Å²) in [5.74, 6) is 0.692. The molecule has 0 atom stereocenters. The minimum absolute atomic E-state index is 0.118. The van der Waals surface area contributed by atoms with Gasteiger partial charge in [-0.15, -0.1) is 0 Å². The average molecular weight is 258 g/mol. The number of aromatic nitrogens is 2. The molecule has 2 N–H and O–H groups in total. The van der Waals surface area contributed by atoms with Crippen LogP contribution in [0, 0.1) is 6.92 Å². The second-order valence-electron chi connectivity index (χ2n) is 4.48. The topological polar surface area (TPSA) is 81.2 Å². The number of hydrogen-bond acceptors (Lipinski definition) is 4. The first-order valence-electron chi connectivity index (χ1n) is 5.67. The standard InChI is InChI=1S/C10H18N4O2S/c1-8-12-10(7-13(8)2)17(15,16)14-5-3-9(11)4-6-14/h7,9H,3-6,11H2,1-2H3. The molecule has 0 aliphatic carbocycles. The number of rotatable bonds is 2. The lowest BCUT2D eigenvalue weighted by molar-refractivity contribution is 0.319. The Hall–Kier alpha value is -0.920. The predicted molar refractivity (Wildman–Crippen MR) is 63.9 cm³/mol. The molecule has 0 amide bonds. The zero-order valence-corrected chi connectivity index (χ0v) is 10.9. The largest absolute Gasteiger partial charge is 0.337 e. The number of nitrogens with two attached hydrogens (primary N) is 1. The Morgan fingerprint density at radius 2 is 2.00 bits per heavy atom. The summed E-state index contributed by atoms with van der Waals surface area (Å²) in [6, 6.07) is 0.118. The van der Waals surface area contributed by atoms with Crippen LogP contribution in [0.3, 0.4) is 0 Å². The Morgan fingerprint density at radius 1 is 1.41 bits per heavy atom. The molecule has 6 nitrogen and oxygen atoms in total. The van der Waals surface area contributed by atoms with E-state index in [1.165, 1.54) is 4.31 Å². The fourth-order valence-corrected chi connectivity index (χ4v) is 3.39. The van der Waals surface area contributed by atoms with Gasteiger partial charge in [-0.2, -0.15) is 4.31 Å². The summed E-state index contributed by atoms with van der Waals surface area (Å²) in [5, 5.41) is 0.132. The quantitative estimate of drug-likeness (QED) is 0.799. The third-order valence-electron chi connectivity index (χ3n) is 3.19. The van der Waals surface area contributed by atoms with Crippen molar-refractivity contribution in [2.45, 2.75) is 30.8 Å². The highest BCUT2D eigenvalue weighted by Gasteiger charge is 2.30. The lowest BCUT2D eigenvalue weighted by atomic mass is 10.1. The SMILES string of the molecule is Cc1nc(S(=O)(=O)N2CCC(N)CC2)cn1C. The minimum atomic E-state index is -3.44. The Kier molecular flexibility index (Phi) is 3.24. The molecule has 1 aromatic heterocycles. The lowest BCUT2D eigenvalue weighted by Crippen LogP contribution is -2.42. The molecule has 0 aromatic carbocycles. The molecule has 7 heteroatoms. The van der Waals surface area contributed by atoms with E-state index in [0.29, 0.717) is 31.8 Å². The molecule has 0 spiro atoms. The van der Waals surface area contributed by atoms with Crippen molar-refractivity contribution >= 4 is 10.0 Å². The van der Waals surface area contributed by atoms with Gasteiger partial charge in [-0.05, 0) is 19.8 Å². The second-order valence-corrected chi connectivity index (χ2v) is 6.36. The van der Waals surface area contributed by atoms with Crippen LogP contribution < -0.4 is 5.73 Å². The number of imidazole rings is 1. The average Bonchev–Trinajstić information content (AvgIpc) is 2.60. The highest BCUT2D eigenvalue weighted by Crippen LogP contribution is 2.19. The Balaban J connectivity index is 2.24. The number of nitrogens with zero attached hydrogens (tertiary/aromatic N) is 3. The van der Waals surface area contributed by atoms with Gasteiger partial charge >= 0.3 is 0 Å². The summed E-state index contributed by atoms with van der Waals surface area (Å²) in [4.78, 5) is 4.08. The zero-order chi connectivity index (χ0) is 12.6. The van der Waals surface area contributed by atoms with Crippen LogP contribution in [-0.2, 0) is 17.1 Å². The maximum Gasteiger partial charge on any atom is 0.262 e. The molecule has 96 valence electrons. The van der Waals surface area contributed by atoms with Gasteiger partial charge < -0.3 is 10.3 Å². The summed E-state index contributed by atoms with van der Waals surface area (Å²) in [5.41, 5.74) is 5.77. The molecule has 2 heterocycles. The lowest BCUT2D eigenvalue weighted by Gasteiger charge is -2.28. The van der Waals surface area contributed by atoms with Crippen LogP contribution in [0.4, 0.5) is 0 Å². The van der Waals surface area contributed by atoms with E-state index in [4.69, 9.17) is 5.73 Å². The normalized spacial score (nSPS) is 19.7. The van der Waals surface area contributed by atoms with Crippen molar-refractivity contribution in [3.8, 4) is 0 Å². The van der Waals surface area contributed by atoms with Gasteiger partial charge in [0.2, 0.25) is 0 Å². The fourth-order valence-electron chi connectivity index (χ4n) is 1.90. The van der Waals surface area contributed by atoms with Crippen LogP contribution in [0.25, 0.3) is 0 Å². The predicted octanol–water partition coefficient (Wildman–Crippen LogP) is -0.160. The molecule has 17 heavy (non-hydrogen) atoms. The van der Waals surface area contributed by atoms with E-state index in [9.17, 15) is 8.42 Å². The highest BCUT2D eigenvalue weighted by molar-refractivity contribution is 7.89. The van der Waals surface area contributed by atoms with Crippen molar-refractivity contribution in [1.29, 1.82) is 0 Å². The summed E-state index contributed by atoms with van der Waals surface area (Å²) in [6.45, 7) is 2.75. The van der Waals surface area contributed by atoms with Gasteiger partial charge in [0.05, 0.1) is 0 Å². The minimum Gasteiger partial charge on any atom is -0.337 e. The monoisotopic (exact) mass is 258 g/mol. The van der Waals surface area contributed by atoms with Gasteiger partial charge in [0, 0.05) is 32.4 Å². The van der Waals surface area contributed by atoms with E-state index in [-0.39, 0.29) is 11.1 Å². The Bertz CT molecular complexity index is 481. The van der Waals surface area contributed by atoms with Gasteiger partial charge in [0.25, 0.3) is 10.0 Å². The van der Waals surface area contributed by atoms with E-state index < -0.39 is 10.0 Å². The molecular formula is C10H18N4O2S. The van der Waals surface area contributed by atoms with Crippen LogP contribution >= 0.6 is 0 Å². The number of piperidine rings is 1. The molecule has 2 rings (SSSR count). The van der Waals surface area contributed by atoms with Crippen molar-refractivity contribution < 1.29 is 8.42 Å². The molecule has 1 saturated heterocycles. The maximum absolute atomic E-state index is 12.3. The first-order chi connectivity index (χ1) is 7.91. The third kappa shape index (κ3) is 2.36. The van der Waals surface area contributed by atoms with Crippen molar-refractivity contribution in [2.24, 2.45) is 12.8 Å². The highest BCUT2D eigenvalue weighted by atomic mass is 32.2. The molecule has 0 radical (unpaired) electrons. The first kappa shape index (κ1) is 12.5. The summed E-state index contributed by atoms with van der Waals surface area (Å²) in [6.07, 6.45) is 2.98. The van der Waals surface area contributed by atoms with Crippen molar-refractivity contribution in [1.82, 2.24) is 13.9 Å². The molecule has 0 unspecified atom stereocenters.